The fraction of sp³-hybridized carbons (Fsp3) is 0.438. The number of nitrogens with two attached hydrogens (primary N) is 1. The van der Waals surface area contributed by atoms with E-state index in [1.807, 2.05) is 19.1 Å². The highest BCUT2D eigenvalue weighted by atomic mass is 32.2. The Morgan fingerprint density at radius 3 is 2.46 bits per heavy atom. The molecule has 0 aliphatic carbocycles. The number of benzene rings is 2. The van der Waals surface area contributed by atoms with Gasteiger partial charge in [0.05, 0.1) is 11.5 Å². The van der Waals surface area contributed by atoms with E-state index in [0.717, 1.165) is 29.7 Å². The SMILES string of the molecule is CCOC(=O)[C@H]1CC(C)=CCN1C(=O)[C@H](Cc1cccc(C(=N)N)c1)NS(=O)(=O)c1ccc2c(c1)CN(C(C)C)CC2.O=C(O)O. The van der Waals surface area contributed by atoms with Gasteiger partial charge in [-0.2, -0.15) is 4.72 Å². The molecule has 14 heteroatoms. The summed E-state index contributed by atoms with van der Waals surface area (Å²) in [6.45, 7) is 9.71. The van der Waals surface area contributed by atoms with Crippen molar-refractivity contribution in [3.63, 3.8) is 0 Å². The minimum atomic E-state index is -4.13. The summed E-state index contributed by atoms with van der Waals surface area (Å²) in [5, 5.41) is 21.7. The van der Waals surface area contributed by atoms with E-state index in [1.165, 1.54) is 4.90 Å². The molecule has 0 fully saturated rings. The summed E-state index contributed by atoms with van der Waals surface area (Å²) in [5.74, 6) is -1.19. The fourth-order valence-corrected chi connectivity index (χ4v) is 6.71. The van der Waals surface area contributed by atoms with Crippen molar-refractivity contribution in [2.75, 3.05) is 19.7 Å². The number of carbonyl (C=O) groups is 3. The third kappa shape index (κ3) is 9.61. The molecule has 0 unspecified atom stereocenters. The van der Waals surface area contributed by atoms with Crippen LogP contribution >= 0.6 is 0 Å². The number of amides is 1. The number of nitrogens with zero attached hydrogens (tertiary/aromatic N) is 2. The molecule has 2 aliphatic rings. The molecule has 6 N–H and O–H groups in total. The molecule has 13 nitrogen and oxygen atoms in total. The predicted molar refractivity (Wildman–Crippen MR) is 172 cm³/mol. The smallest absolute Gasteiger partial charge is 0.464 e. The van der Waals surface area contributed by atoms with Gasteiger partial charge in [-0.15, -0.1) is 0 Å². The van der Waals surface area contributed by atoms with Crippen LogP contribution in [0.5, 0.6) is 0 Å². The van der Waals surface area contributed by atoms with Gasteiger partial charge < -0.3 is 25.6 Å². The molecule has 0 saturated carbocycles. The number of nitrogens with one attached hydrogen (secondary N) is 2. The molecule has 0 saturated heterocycles. The van der Waals surface area contributed by atoms with Crippen LogP contribution in [-0.4, -0.2) is 90.1 Å². The first kappa shape index (κ1) is 36.2. The number of amidine groups is 1. The van der Waals surface area contributed by atoms with Gasteiger partial charge in [-0.1, -0.05) is 35.9 Å². The Kier molecular flexibility index (Phi) is 12.5. The molecule has 250 valence electrons. The molecular formula is C32H43N5O8S. The summed E-state index contributed by atoms with van der Waals surface area (Å²) in [4.78, 5) is 39.3. The Balaban J connectivity index is 0.00000136. The Labute approximate surface area is 269 Å². The third-order valence-electron chi connectivity index (χ3n) is 7.90. The van der Waals surface area contributed by atoms with Crippen LogP contribution in [-0.2, 0) is 43.7 Å². The van der Waals surface area contributed by atoms with Crippen molar-refractivity contribution in [2.45, 2.75) is 76.5 Å². The summed E-state index contributed by atoms with van der Waals surface area (Å²) < 4.78 is 35.5. The zero-order valence-corrected chi connectivity index (χ0v) is 27.3. The molecule has 0 radical (unpaired) electrons. The highest BCUT2D eigenvalue weighted by Gasteiger charge is 2.38. The van der Waals surface area contributed by atoms with E-state index >= 15 is 0 Å². The minimum Gasteiger partial charge on any atom is -0.464 e. The first-order valence-corrected chi connectivity index (χ1v) is 16.5. The van der Waals surface area contributed by atoms with Gasteiger partial charge in [0.2, 0.25) is 15.9 Å². The van der Waals surface area contributed by atoms with Gasteiger partial charge in [0, 0.05) is 31.2 Å². The van der Waals surface area contributed by atoms with E-state index in [0.29, 0.717) is 30.1 Å². The van der Waals surface area contributed by atoms with Gasteiger partial charge in [-0.3, -0.25) is 15.1 Å². The van der Waals surface area contributed by atoms with Crippen LogP contribution in [0, 0.1) is 5.41 Å². The van der Waals surface area contributed by atoms with E-state index in [9.17, 15) is 18.0 Å². The molecule has 2 aromatic carbocycles. The van der Waals surface area contributed by atoms with Crippen molar-refractivity contribution in [2.24, 2.45) is 5.73 Å². The number of ether oxygens (including phenoxy) is 1. The lowest BCUT2D eigenvalue weighted by atomic mass is 9.98. The molecule has 0 aromatic heterocycles. The zero-order valence-electron chi connectivity index (χ0n) is 26.5. The largest absolute Gasteiger partial charge is 0.503 e. The lowest BCUT2D eigenvalue weighted by molar-refractivity contribution is -0.155. The number of sulfonamides is 1. The van der Waals surface area contributed by atoms with Crippen LogP contribution in [0.3, 0.4) is 0 Å². The third-order valence-corrected chi connectivity index (χ3v) is 9.37. The van der Waals surface area contributed by atoms with Crippen molar-refractivity contribution < 1.29 is 37.8 Å². The van der Waals surface area contributed by atoms with Crippen molar-refractivity contribution in [1.82, 2.24) is 14.5 Å². The number of carbonyl (C=O) groups excluding carboxylic acids is 2. The molecule has 2 aromatic rings. The summed E-state index contributed by atoms with van der Waals surface area (Å²) in [6, 6.07) is 10.2. The minimum absolute atomic E-state index is 0.00000687. The van der Waals surface area contributed by atoms with E-state index in [-0.39, 0.29) is 30.3 Å². The second-order valence-corrected chi connectivity index (χ2v) is 13.2. The molecule has 2 atom stereocenters. The summed E-state index contributed by atoms with van der Waals surface area (Å²) >= 11 is 0. The van der Waals surface area contributed by atoms with Gasteiger partial charge in [0.1, 0.15) is 17.9 Å². The Bertz CT molecular complexity index is 1590. The first-order chi connectivity index (χ1) is 21.6. The van der Waals surface area contributed by atoms with Crippen molar-refractivity contribution >= 4 is 33.9 Å². The van der Waals surface area contributed by atoms with Crippen LogP contribution < -0.4 is 10.5 Å². The number of hydrogen-bond donors (Lipinski definition) is 5. The quantitative estimate of drug-likeness (QED) is 0.109. The maximum absolute atomic E-state index is 14.1. The van der Waals surface area contributed by atoms with E-state index in [4.69, 9.17) is 30.9 Å². The summed E-state index contributed by atoms with van der Waals surface area (Å²) in [6.07, 6.45) is 1.17. The monoisotopic (exact) mass is 657 g/mol. The molecule has 46 heavy (non-hydrogen) atoms. The molecule has 4 rings (SSSR count). The van der Waals surface area contributed by atoms with Gasteiger partial charge >= 0.3 is 12.1 Å². The number of carboxylic acid groups (broad SMARTS) is 2. The normalized spacial score (nSPS) is 17.2. The maximum atomic E-state index is 14.1. The van der Waals surface area contributed by atoms with Crippen LogP contribution in [0.2, 0.25) is 0 Å². The summed E-state index contributed by atoms with van der Waals surface area (Å²) in [7, 11) is -4.13. The van der Waals surface area contributed by atoms with E-state index in [1.54, 1.807) is 43.3 Å². The second kappa shape index (κ2) is 15.8. The lowest BCUT2D eigenvalue weighted by Crippen LogP contribution is -2.56. The van der Waals surface area contributed by atoms with Crippen molar-refractivity contribution in [3.05, 3.63) is 76.4 Å². The molecule has 0 bridgehead atoms. The zero-order chi connectivity index (χ0) is 34.2. The molecule has 1 amide bonds. The number of hydrogen-bond acceptors (Lipinski definition) is 8. The summed E-state index contributed by atoms with van der Waals surface area (Å²) in [5.41, 5.74) is 9.79. The molecular weight excluding hydrogens is 614 g/mol. The van der Waals surface area contributed by atoms with Gasteiger partial charge in [-0.05, 0) is 81.8 Å². The Morgan fingerprint density at radius 2 is 1.83 bits per heavy atom. The number of fused-ring (bicyclic) bond motifs is 1. The highest BCUT2D eigenvalue weighted by molar-refractivity contribution is 7.89. The Hall–Kier alpha value is -4.27. The molecule has 2 aliphatic heterocycles. The van der Waals surface area contributed by atoms with Crippen LogP contribution in [0.25, 0.3) is 0 Å². The average Bonchev–Trinajstić information content (AvgIpc) is 2.99. The molecule has 2 heterocycles. The van der Waals surface area contributed by atoms with Gasteiger partial charge in [-0.25, -0.2) is 18.0 Å². The average molecular weight is 658 g/mol. The van der Waals surface area contributed by atoms with Crippen LogP contribution in [0.1, 0.15) is 56.4 Å². The van der Waals surface area contributed by atoms with Gasteiger partial charge in [0.15, 0.2) is 0 Å². The first-order valence-electron chi connectivity index (χ1n) is 15.0. The second-order valence-electron chi connectivity index (χ2n) is 11.5. The topological polar surface area (TPSA) is 203 Å². The van der Waals surface area contributed by atoms with E-state index < -0.39 is 40.1 Å². The van der Waals surface area contributed by atoms with Crippen molar-refractivity contribution in [3.8, 4) is 0 Å². The van der Waals surface area contributed by atoms with Crippen LogP contribution in [0.4, 0.5) is 4.79 Å². The lowest BCUT2D eigenvalue weighted by Gasteiger charge is -2.35. The van der Waals surface area contributed by atoms with Crippen molar-refractivity contribution in [1.29, 1.82) is 5.41 Å². The highest BCUT2D eigenvalue weighted by Crippen LogP contribution is 2.25. The fourth-order valence-electron chi connectivity index (χ4n) is 5.47. The molecule has 0 spiro atoms. The number of nitrogen functional groups attached to an aromatic ring is 1. The van der Waals surface area contributed by atoms with Gasteiger partial charge in [0.25, 0.3) is 0 Å². The predicted octanol–water partition coefficient (Wildman–Crippen LogP) is 2.96. The number of esters is 1. The number of rotatable bonds is 10. The standard InChI is InChI=1S/C31H41N5O5S.CH2O3/c1-5-41-31(38)28-15-21(4)11-14-36(28)30(37)27(17-22-7-6-8-24(16-22)29(32)33)34-42(39,40)26-10-9-23-12-13-35(20(2)3)19-25(23)18-26;2-1(3)4/h6-11,16,18,20,27-28,34H,5,12-15,17,19H2,1-4H3,(H3,32,33);(H2,2,3,4)/t27-,28+;/m0./s1. The van der Waals surface area contributed by atoms with E-state index in [2.05, 4.69) is 23.5 Å². The maximum Gasteiger partial charge on any atom is 0.503 e. The van der Waals surface area contributed by atoms with Crippen LogP contribution in [0.15, 0.2) is 59.0 Å². The Morgan fingerprint density at radius 1 is 1.13 bits per heavy atom.